The highest BCUT2D eigenvalue weighted by Gasteiger charge is 2.47. The number of aromatic amines is 1. The van der Waals surface area contributed by atoms with Gasteiger partial charge in [0, 0.05) is 25.3 Å². The van der Waals surface area contributed by atoms with E-state index in [-0.39, 0.29) is 34.4 Å². The molecule has 0 spiro atoms. The second kappa shape index (κ2) is 8.87. The highest BCUT2D eigenvalue weighted by molar-refractivity contribution is 6.29. The Labute approximate surface area is 205 Å². The standard InChI is InChI=1S/C23H25ClFN7O3/c24-14-10-27-21-18(28-14)13(9-26-21)19-30-20(16(25)22(31-19)32-5-7-35-8-6-32)29-17-12-3-1-11(2-4-12)15(17)23(33)34/h9-12,15,17H,1-8H2,(H,26,27)(H,33,34)(H,29,30,31)/t11?,12?,15-,17-/m0/s1. The van der Waals surface area contributed by atoms with Crippen molar-refractivity contribution >= 4 is 40.4 Å². The fourth-order valence-electron chi connectivity index (χ4n) is 5.85. The summed E-state index contributed by atoms with van der Waals surface area (Å²) in [5.41, 5.74) is 1.52. The molecule has 0 aromatic carbocycles. The third kappa shape index (κ3) is 3.96. The van der Waals surface area contributed by atoms with Crippen LogP contribution in [0.2, 0.25) is 5.15 Å². The number of aromatic nitrogens is 5. The first-order chi connectivity index (χ1) is 17.0. The third-order valence-corrected chi connectivity index (χ3v) is 7.73. The number of aliphatic carboxylic acids is 1. The van der Waals surface area contributed by atoms with Crippen molar-refractivity contribution in [3.05, 3.63) is 23.4 Å². The van der Waals surface area contributed by atoms with Gasteiger partial charge in [0.1, 0.15) is 10.7 Å². The average molecular weight is 502 g/mol. The molecule has 4 aliphatic rings. The molecular weight excluding hydrogens is 477 g/mol. The van der Waals surface area contributed by atoms with Crippen LogP contribution in [-0.2, 0) is 9.53 Å². The van der Waals surface area contributed by atoms with E-state index in [0.717, 1.165) is 25.7 Å². The smallest absolute Gasteiger partial charge is 0.308 e. The van der Waals surface area contributed by atoms with Gasteiger partial charge < -0.3 is 25.0 Å². The Balaban J connectivity index is 1.45. The molecule has 2 bridgehead atoms. The lowest BCUT2D eigenvalue weighted by atomic mass is 9.61. The van der Waals surface area contributed by atoms with Crippen molar-refractivity contribution in [1.82, 2.24) is 24.9 Å². The van der Waals surface area contributed by atoms with E-state index in [9.17, 15) is 9.90 Å². The first-order valence-corrected chi connectivity index (χ1v) is 12.3. The minimum Gasteiger partial charge on any atom is -0.481 e. The zero-order chi connectivity index (χ0) is 24.1. The number of nitrogens with zero attached hydrogens (tertiary/aromatic N) is 5. The minimum atomic E-state index is -0.846. The van der Waals surface area contributed by atoms with Crippen LogP contribution in [0.5, 0.6) is 0 Å². The van der Waals surface area contributed by atoms with Crippen LogP contribution in [0.1, 0.15) is 25.7 Å². The van der Waals surface area contributed by atoms with Crippen LogP contribution < -0.4 is 10.2 Å². The van der Waals surface area contributed by atoms with Gasteiger partial charge in [-0.2, -0.15) is 4.39 Å². The molecule has 0 unspecified atom stereocenters. The maximum absolute atomic E-state index is 15.9. The SMILES string of the molecule is O=C(O)[C@H]1C2CCC(CC2)[C@@H]1Nc1nc(-c2c[nH]c3ncc(Cl)nc23)nc(N2CCOCC2)c1F. The molecule has 0 amide bonds. The van der Waals surface area contributed by atoms with Gasteiger partial charge >= 0.3 is 5.97 Å². The number of carbonyl (C=O) groups is 1. The molecule has 184 valence electrons. The summed E-state index contributed by atoms with van der Waals surface area (Å²) in [5.74, 6) is -1.36. The van der Waals surface area contributed by atoms with Crippen LogP contribution in [0, 0.1) is 23.6 Å². The van der Waals surface area contributed by atoms with E-state index in [4.69, 9.17) is 16.3 Å². The Kier molecular flexibility index (Phi) is 5.68. The van der Waals surface area contributed by atoms with Gasteiger partial charge in [-0.1, -0.05) is 11.6 Å². The second-order valence-electron chi connectivity index (χ2n) is 9.43. The number of rotatable bonds is 5. The van der Waals surface area contributed by atoms with Gasteiger partial charge in [0.15, 0.2) is 23.1 Å². The Morgan fingerprint density at radius 2 is 1.91 bits per heavy atom. The van der Waals surface area contributed by atoms with E-state index in [0.29, 0.717) is 43.0 Å². The maximum Gasteiger partial charge on any atom is 0.308 e. The Morgan fingerprint density at radius 3 is 2.66 bits per heavy atom. The van der Waals surface area contributed by atoms with E-state index in [1.165, 1.54) is 6.20 Å². The van der Waals surface area contributed by atoms with Crippen molar-refractivity contribution in [3.8, 4) is 11.4 Å². The lowest BCUT2D eigenvalue weighted by molar-refractivity contribution is -0.148. The van der Waals surface area contributed by atoms with Crippen LogP contribution in [0.4, 0.5) is 16.0 Å². The zero-order valence-corrected chi connectivity index (χ0v) is 19.6. The average Bonchev–Trinajstić information content (AvgIpc) is 3.29. The molecule has 3 aromatic heterocycles. The fraction of sp³-hybridized carbons (Fsp3) is 0.522. The summed E-state index contributed by atoms with van der Waals surface area (Å²) in [6, 6.07) is -0.396. The van der Waals surface area contributed by atoms with Gasteiger partial charge in [0.25, 0.3) is 0 Å². The summed E-state index contributed by atoms with van der Waals surface area (Å²) in [5, 5.41) is 13.4. The number of fused-ring (bicyclic) bond motifs is 4. The van der Waals surface area contributed by atoms with Gasteiger partial charge in [-0.05, 0) is 37.5 Å². The number of nitrogens with one attached hydrogen (secondary N) is 2. The van der Waals surface area contributed by atoms with Crippen LogP contribution in [-0.4, -0.2) is 68.3 Å². The maximum atomic E-state index is 15.9. The number of H-pyrrole nitrogens is 1. The van der Waals surface area contributed by atoms with Gasteiger partial charge in [0.05, 0.1) is 30.9 Å². The lowest BCUT2D eigenvalue weighted by Gasteiger charge is -2.47. The number of halogens is 2. The topological polar surface area (TPSA) is 129 Å². The molecule has 3 N–H and O–H groups in total. The molecule has 12 heteroatoms. The summed E-state index contributed by atoms with van der Waals surface area (Å²) in [6.07, 6.45) is 6.75. The van der Waals surface area contributed by atoms with Crippen molar-refractivity contribution in [2.24, 2.45) is 17.8 Å². The Morgan fingerprint density at radius 1 is 1.17 bits per heavy atom. The quantitative estimate of drug-likeness (QED) is 0.482. The van der Waals surface area contributed by atoms with E-state index in [1.807, 2.05) is 4.90 Å². The molecule has 3 aromatic rings. The largest absolute Gasteiger partial charge is 0.481 e. The second-order valence-corrected chi connectivity index (χ2v) is 9.82. The predicted octanol–water partition coefficient (Wildman–Crippen LogP) is 3.35. The van der Waals surface area contributed by atoms with Gasteiger partial charge in [0.2, 0.25) is 5.82 Å². The summed E-state index contributed by atoms with van der Waals surface area (Å²) < 4.78 is 21.3. The molecule has 2 atom stereocenters. The summed E-state index contributed by atoms with van der Waals surface area (Å²) in [7, 11) is 0. The highest BCUT2D eigenvalue weighted by Crippen LogP contribution is 2.46. The monoisotopic (exact) mass is 501 g/mol. The number of ether oxygens (including phenoxy) is 1. The van der Waals surface area contributed by atoms with Crippen LogP contribution >= 0.6 is 11.6 Å². The van der Waals surface area contributed by atoms with Crippen molar-refractivity contribution in [3.63, 3.8) is 0 Å². The molecule has 10 nitrogen and oxygen atoms in total. The van der Waals surface area contributed by atoms with Crippen LogP contribution in [0.3, 0.4) is 0 Å². The molecular formula is C23H25ClFN7O3. The Hall–Kier alpha value is -3.05. The molecule has 35 heavy (non-hydrogen) atoms. The van der Waals surface area contributed by atoms with Crippen molar-refractivity contribution in [1.29, 1.82) is 0 Å². The third-order valence-electron chi connectivity index (χ3n) is 7.54. The first-order valence-electron chi connectivity index (χ1n) is 11.9. The number of hydrogen-bond donors (Lipinski definition) is 3. The normalized spacial score (nSPS) is 26.3. The molecule has 0 radical (unpaired) electrons. The van der Waals surface area contributed by atoms with Crippen molar-refractivity contribution in [2.75, 3.05) is 36.5 Å². The number of carboxylic acids is 1. The molecule has 1 aliphatic heterocycles. The zero-order valence-electron chi connectivity index (χ0n) is 18.9. The van der Waals surface area contributed by atoms with E-state index in [1.54, 1.807) is 6.20 Å². The van der Waals surface area contributed by atoms with E-state index in [2.05, 4.69) is 30.2 Å². The highest BCUT2D eigenvalue weighted by atomic mass is 35.5. The van der Waals surface area contributed by atoms with Crippen LogP contribution in [0.15, 0.2) is 12.4 Å². The van der Waals surface area contributed by atoms with Crippen molar-refractivity contribution < 1.29 is 19.0 Å². The summed E-state index contributed by atoms with van der Waals surface area (Å²) >= 11 is 6.08. The number of anilines is 2. The molecule has 4 heterocycles. The number of carboxylic acid groups (broad SMARTS) is 1. The Bertz CT molecular complexity index is 1270. The lowest BCUT2D eigenvalue weighted by Crippen LogP contribution is -2.51. The summed E-state index contributed by atoms with van der Waals surface area (Å²) in [6.45, 7) is 1.89. The molecule has 3 aliphatic carbocycles. The fourth-order valence-corrected chi connectivity index (χ4v) is 5.98. The molecule has 4 fully saturated rings. The summed E-state index contributed by atoms with van der Waals surface area (Å²) in [4.78, 5) is 34.7. The first kappa shape index (κ1) is 22.4. The van der Waals surface area contributed by atoms with Gasteiger partial charge in [-0.15, -0.1) is 0 Å². The molecule has 7 rings (SSSR count). The van der Waals surface area contributed by atoms with Crippen molar-refractivity contribution in [2.45, 2.75) is 31.7 Å². The minimum absolute atomic E-state index is 0.00429. The number of hydrogen-bond acceptors (Lipinski definition) is 8. The predicted molar refractivity (Wildman–Crippen MR) is 127 cm³/mol. The van der Waals surface area contributed by atoms with E-state index < -0.39 is 23.7 Å². The van der Waals surface area contributed by atoms with Gasteiger partial charge in [-0.3, -0.25) is 4.79 Å². The molecule has 1 saturated heterocycles. The van der Waals surface area contributed by atoms with E-state index >= 15 is 4.39 Å². The van der Waals surface area contributed by atoms with Gasteiger partial charge in [-0.25, -0.2) is 19.9 Å². The molecule has 3 saturated carbocycles. The number of morpholine rings is 1. The van der Waals surface area contributed by atoms with Crippen LogP contribution in [0.25, 0.3) is 22.6 Å².